The van der Waals surface area contributed by atoms with Crippen LogP contribution in [0.5, 0.6) is 5.88 Å². The lowest BCUT2D eigenvalue weighted by Gasteiger charge is -2.09. The molecule has 130 valence electrons. The maximum absolute atomic E-state index is 12.5. The molecule has 3 aromatic heterocycles. The second kappa shape index (κ2) is 6.55. The predicted molar refractivity (Wildman–Crippen MR) is 91.3 cm³/mol. The lowest BCUT2D eigenvalue weighted by molar-refractivity contribution is 0.102. The van der Waals surface area contributed by atoms with E-state index >= 15 is 0 Å². The van der Waals surface area contributed by atoms with E-state index in [4.69, 9.17) is 4.74 Å². The fourth-order valence-electron chi connectivity index (χ4n) is 2.32. The van der Waals surface area contributed by atoms with Gasteiger partial charge in [-0.25, -0.2) is 15.0 Å². The average Bonchev–Trinajstić information content (AvgIpc) is 2.95. The molecule has 25 heavy (non-hydrogen) atoms. The number of fused-ring (bicyclic) bond motifs is 1. The lowest BCUT2D eigenvalue weighted by atomic mass is 10.3. The van der Waals surface area contributed by atoms with Crippen molar-refractivity contribution in [1.29, 1.82) is 0 Å². The first-order valence-electron chi connectivity index (χ1n) is 7.28. The van der Waals surface area contributed by atoms with Gasteiger partial charge in [-0.3, -0.25) is 9.00 Å². The zero-order valence-corrected chi connectivity index (χ0v) is 14.9. The van der Waals surface area contributed by atoms with Gasteiger partial charge < -0.3 is 14.5 Å². The summed E-state index contributed by atoms with van der Waals surface area (Å²) in [5.74, 6) is -0.0695. The molecule has 0 aliphatic carbocycles. The summed E-state index contributed by atoms with van der Waals surface area (Å²) in [6, 6.07) is 0. The van der Waals surface area contributed by atoms with Gasteiger partial charge in [0.15, 0.2) is 5.65 Å². The van der Waals surface area contributed by atoms with Crippen LogP contribution in [0.4, 0.5) is 5.82 Å². The Bertz CT molecular complexity index is 1000. The van der Waals surface area contributed by atoms with Crippen LogP contribution in [0.15, 0.2) is 23.7 Å². The smallest absolute Gasteiger partial charge is 0.263 e. The van der Waals surface area contributed by atoms with Crippen LogP contribution >= 0.6 is 0 Å². The fourth-order valence-corrected chi connectivity index (χ4v) is 2.73. The first kappa shape index (κ1) is 17.0. The number of imidazole rings is 1. The van der Waals surface area contributed by atoms with Gasteiger partial charge in [0.05, 0.1) is 35.5 Å². The van der Waals surface area contributed by atoms with Gasteiger partial charge in [0, 0.05) is 18.6 Å². The molecule has 9 nitrogen and oxygen atoms in total. The highest BCUT2D eigenvalue weighted by Gasteiger charge is 2.18. The van der Waals surface area contributed by atoms with Gasteiger partial charge in [0.25, 0.3) is 5.91 Å². The quantitative estimate of drug-likeness (QED) is 0.694. The lowest BCUT2D eigenvalue weighted by Crippen LogP contribution is -2.17. The Kier molecular flexibility index (Phi) is 4.45. The van der Waals surface area contributed by atoms with E-state index in [0.717, 1.165) is 11.3 Å². The Morgan fingerprint density at radius 1 is 1.24 bits per heavy atom. The molecular weight excluding hydrogens is 344 g/mol. The molecule has 1 atom stereocenters. The van der Waals surface area contributed by atoms with Crippen LogP contribution in [0.1, 0.15) is 21.7 Å². The minimum Gasteiger partial charge on any atom is -0.480 e. The number of anilines is 1. The summed E-state index contributed by atoms with van der Waals surface area (Å²) in [5, 5.41) is 2.78. The molecule has 0 aromatic carbocycles. The van der Waals surface area contributed by atoms with Gasteiger partial charge in [0.1, 0.15) is 11.4 Å². The third-order valence-electron chi connectivity index (χ3n) is 3.39. The Labute approximate surface area is 146 Å². The first-order valence-corrected chi connectivity index (χ1v) is 8.83. The summed E-state index contributed by atoms with van der Waals surface area (Å²) in [6.07, 6.45) is 6.24. The number of hydrogen-bond donors (Lipinski definition) is 1. The molecule has 0 aliphatic heterocycles. The van der Waals surface area contributed by atoms with Crippen molar-refractivity contribution in [3.8, 4) is 5.88 Å². The molecule has 1 amide bonds. The number of ether oxygens (including phenoxy) is 1. The molecule has 0 radical (unpaired) electrons. The average molecular weight is 360 g/mol. The molecule has 1 N–H and O–H groups in total. The Morgan fingerprint density at radius 3 is 2.68 bits per heavy atom. The minimum atomic E-state index is -1.37. The molecular formula is C15H16N6O3S. The van der Waals surface area contributed by atoms with Gasteiger partial charge in [-0.15, -0.1) is 0 Å². The van der Waals surface area contributed by atoms with Crippen LogP contribution in [0.3, 0.4) is 0 Å². The van der Waals surface area contributed by atoms with Gasteiger partial charge in [0.2, 0.25) is 11.0 Å². The number of carbonyl (C=O) groups is 1. The highest BCUT2D eigenvalue weighted by molar-refractivity contribution is 7.84. The number of amides is 1. The van der Waals surface area contributed by atoms with E-state index in [1.807, 2.05) is 20.0 Å². The predicted octanol–water partition coefficient (Wildman–Crippen LogP) is 1.13. The van der Waals surface area contributed by atoms with E-state index in [0.29, 0.717) is 11.5 Å². The molecule has 0 saturated heterocycles. The maximum Gasteiger partial charge on any atom is 0.263 e. The Morgan fingerprint density at radius 2 is 2.00 bits per heavy atom. The zero-order valence-electron chi connectivity index (χ0n) is 14.1. The molecule has 0 spiro atoms. The van der Waals surface area contributed by atoms with Crippen LogP contribution in [0.25, 0.3) is 5.65 Å². The molecule has 3 rings (SSSR count). The van der Waals surface area contributed by atoms with Crippen molar-refractivity contribution in [2.75, 3.05) is 18.7 Å². The van der Waals surface area contributed by atoms with E-state index in [9.17, 15) is 9.00 Å². The molecule has 0 aliphatic rings. The largest absolute Gasteiger partial charge is 0.480 e. The van der Waals surface area contributed by atoms with Crippen LogP contribution in [-0.4, -0.2) is 47.8 Å². The third kappa shape index (κ3) is 3.33. The van der Waals surface area contributed by atoms with Gasteiger partial charge >= 0.3 is 0 Å². The summed E-state index contributed by atoms with van der Waals surface area (Å²) >= 11 is 0. The second-order valence-corrected chi connectivity index (χ2v) is 6.58. The van der Waals surface area contributed by atoms with Crippen molar-refractivity contribution < 1.29 is 13.7 Å². The molecule has 0 saturated carbocycles. The van der Waals surface area contributed by atoms with Crippen LogP contribution < -0.4 is 10.1 Å². The van der Waals surface area contributed by atoms with E-state index in [1.54, 1.807) is 10.6 Å². The summed E-state index contributed by atoms with van der Waals surface area (Å²) in [6.45, 7) is 3.69. The number of nitrogens with zero attached hydrogens (tertiary/aromatic N) is 5. The van der Waals surface area contributed by atoms with Crippen molar-refractivity contribution in [2.45, 2.75) is 19.0 Å². The molecule has 3 heterocycles. The highest BCUT2D eigenvalue weighted by atomic mass is 32.2. The number of carbonyl (C=O) groups excluding carboxylic acids is 1. The van der Waals surface area contributed by atoms with E-state index in [1.165, 1.54) is 19.6 Å². The van der Waals surface area contributed by atoms with Gasteiger partial charge in [-0.2, -0.15) is 4.98 Å². The summed E-state index contributed by atoms with van der Waals surface area (Å²) in [4.78, 5) is 29.1. The minimum absolute atomic E-state index is 0.0500. The summed E-state index contributed by atoms with van der Waals surface area (Å²) < 4.78 is 18.4. The normalized spacial score (nSPS) is 12.2. The molecule has 0 bridgehead atoms. The SMILES string of the molecule is COc1nc(S(C)=O)ncc1C(=O)Nc1cn2cc(C)nc2c(C)n1. The van der Waals surface area contributed by atoms with Crippen molar-refractivity contribution in [2.24, 2.45) is 0 Å². The fraction of sp³-hybridized carbons (Fsp3) is 0.267. The maximum atomic E-state index is 12.5. The number of methoxy groups -OCH3 is 1. The topological polar surface area (TPSA) is 111 Å². The number of aromatic nitrogens is 5. The first-order chi connectivity index (χ1) is 11.9. The standard InChI is InChI=1S/C15H16N6O3S/c1-8-6-21-7-11(18-9(2)12(21)17-8)19-13(22)10-5-16-15(25(4)23)20-14(10)24-3/h5-7H,1-4H3,(H,19,22). The van der Waals surface area contributed by atoms with Crippen molar-refractivity contribution >= 4 is 28.2 Å². The Hall–Kier alpha value is -2.88. The van der Waals surface area contributed by atoms with E-state index in [2.05, 4.69) is 25.3 Å². The molecule has 1 unspecified atom stereocenters. The number of aryl methyl sites for hydroxylation is 2. The zero-order chi connectivity index (χ0) is 18.1. The third-order valence-corrected chi connectivity index (χ3v) is 4.11. The monoisotopic (exact) mass is 360 g/mol. The van der Waals surface area contributed by atoms with Gasteiger partial charge in [-0.1, -0.05) is 0 Å². The van der Waals surface area contributed by atoms with Gasteiger partial charge in [-0.05, 0) is 13.8 Å². The van der Waals surface area contributed by atoms with Crippen molar-refractivity contribution in [3.05, 3.63) is 35.5 Å². The number of rotatable bonds is 4. The second-order valence-electron chi connectivity index (χ2n) is 5.31. The number of hydrogen-bond acceptors (Lipinski definition) is 7. The van der Waals surface area contributed by atoms with Crippen molar-refractivity contribution in [1.82, 2.24) is 24.3 Å². The summed E-state index contributed by atoms with van der Waals surface area (Å²) in [5.41, 5.74) is 2.39. The van der Waals surface area contributed by atoms with Crippen LogP contribution in [-0.2, 0) is 10.8 Å². The highest BCUT2D eigenvalue weighted by Crippen LogP contribution is 2.18. The Balaban J connectivity index is 1.93. The van der Waals surface area contributed by atoms with E-state index < -0.39 is 16.7 Å². The van der Waals surface area contributed by atoms with Crippen LogP contribution in [0.2, 0.25) is 0 Å². The molecule has 0 fully saturated rings. The number of nitrogens with one attached hydrogen (secondary N) is 1. The van der Waals surface area contributed by atoms with Crippen LogP contribution in [0, 0.1) is 13.8 Å². The van der Waals surface area contributed by atoms with Crippen molar-refractivity contribution in [3.63, 3.8) is 0 Å². The van der Waals surface area contributed by atoms with E-state index in [-0.39, 0.29) is 16.6 Å². The molecule has 10 heteroatoms. The molecule has 3 aromatic rings. The summed E-state index contributed by atoms with van der Waals surface area (Å²) in [7, 11) is 0.00582.